The van der Waals surface area contributed by atoms with Crippen molar-refractivity contribution in [2.75, 3.05) is 0 Å². The van der Waals surface area contributed by atoms with Gasteiger partial charge in [-0.05, 0) is 153 Å². The Balaban J connectivity index is 0.935. The van der Waals surface area contributed by atoms with Gasteiger partial charge in [0, 0.05) is 22.1 Å². The van der Waals surface area contributed by atoms with E-state index in [1.54, 1.807) is 11.1 Å². The summed E-state index contributed by atoms with van der Waals surface area (Å²) in [6.07, 6.45) is 7.00. The number of nitrogens with zero attached hydrogens (tertiary/aromatic N) is 2. The second-order valence-electron chi connectivity index (χ2n) is 18.5. The molecule has 1 aromatic heterocycles. The van der Waals surface area contributed by atoms with Crippen molar-refractivity contribution in [2.24, 2.45) is 23.7 Å². The van der Waals surface area contributed by atoms with E-state index in [2.05, 4.69) is 188 Å². The quantitative estimate of drug-likeness (QED) is 0.168. The number of benzene rings is 8. The van der Waals surface area contributed by atoms with Gasteiger partial charge in [-0.1, -0.05) is 164 Å². The Labute approximate surface area is 364 Å². The first-order chi connectivity index (χ1) is 30.7. The van der Waals surface area contributed by atoms with Gasteiger partial charge in [0.1, 0.15) is 0 Å². The molecule has 2 nitrogen and oxygen atoms in total. The third kappa shape index (κ3) is 5.55. The van der Waals surface area contributed by atoms with Crippen LogP contribution in [0.15, 0.2) is 194 Å². The summed E-state index contributed by atoms with van der Waals surface area (Å²) in [5.74, 6) is 3.99. The monoisotopic (exact) mass is 794 g/mol. The molecule has 62 heavy (non-hydrogen) atoms. The van der Waals surface area contributed by atoms with Crippen LogP contribution in [0.4, 0.5) is 0 Å². The van der Waals surface area contributed by atoms with Crippen molar-refractivity contribution in [2.45, 2.75) is 37.5 Å². The van der Waals surface area contributed by atoms with Crippen LogP contribution in [-0.4, -0.2) is 9.97 Å². The molecule has 0 atom stereocenters. The fourth-order valence-electron chi connectivity index (χ4n) is 12.9. The van der Waals surface area contributed by atoms with Gasteiger partial charge in [0.15, 0.2) is 5.82 Å². The van der Waals surface area contributed by atoms with Crippen LogP contribution in [0.3, 0.4) is 0 Å². The van der Waals surface area contributed by atoms with E-state index in [0.717, 1.165) is 63.1 Å². The van der Waals surface area contributed by atoms with Gasteiger partial charge in [-0.2, -0.15) is 0 Å². The average molecular weight is 795 g/mol. The first-order valence-corrected chi connectivity index (χ1v) is 22.6. The van der Waals surface area contributed by atoms with E-state index in [-0.39, 0.29) is 5.41 Å². The Kier molecular flexibility index (Phi) is 8.13. The Morgan fingerprint density at radius 3 is 1.60 bits per heavy atom. The highest BCUT2D eigenvalue weighted by Gasteiger charge is 2.61. The molecule has 296 valence electrons. The van der Waals surface area contributed by atoms with Crippen molar-refractivity contribution < 1.29 is 0 Å². The molecule has 4 saturated carbocycles. The largest absolute Gasteiger partial charge is 0.228 e. The van der Waals surface area contributed by atoms with Gasteiger partial charge in [0.2, 0.25) is 0 Å². The van der Waals surface area contributed by atoms with Crippen LogP contribution in [0, 0.1) is 23.7 Å². The first kappa shape index (κ1) is 35.8. The van der Waals surface area contributed by atoms with Crippen molar-refractivity contribution in [3.8, 4) is 78.4 Å². The van der Waals surface area contributed by atoms with Gasteiger partial charge in [0.05, 0.1) is 11.4 Å². The molecule has 2 heteroatoms. The maximum atomic E-state index is 5.25. The lowest BCUT2D eigenvalue weighted by Crippen LogP contribution is -2.55. The molecule has 1 heterocycles. The minimum absolute atomic E-state index is 0.112. The van der Waals surface area contributed by atoms with Crippen molar-refractivity contribution >= 4 is 10.8 Å². The number of fused-ring (bicyclic) bond motifs is 4. The summed E-state index contributed by atoms with van der Waals surface area (Å²) in [5, 5.41) is 2.72. The minimum atomic E-state index is 0.112. The summed E-state index contributed by atoms with van der Waals surface area (Å²) in [7, 11) is 0. The van der Waals surface area contributed by atoms with Crippen molar-refractivity contribution in [3.63, 3.8) is 0 Å². The average Bonchev–Trinajstić information content (AvgIpc) is 3.62. The Morgan fingerprint density at radius 1 is 0.339 bits per heavy atom. The van der Waals surface area contributed by atoms with Gasteiger partial charge in [0.25, 0.3) is 0 Å². The molecular weight excluding hydrogens is 749 g/mol. The number of hydrogen-bond donors (Lipinski definition) is 0. The highest BCUT2D eigenvalue weighted by molar-refractivity contribution is 5.99. The summed E-state index contributed by atoms with van der Waals surface area (Å²) in [4.78, 5) is 10.5. The second-order valence-corrected chi connectivity index (χ2v) is 18.5. The zero-order chi connectivity index (χ0) is 40.8. The van der Waals surface area contributed by atoms with E-state index in [9.17, 15) is 0 Å². The van der Waals surface area contributed by atoms with Gasteiger partial charge in [-0.25, -0.2) is 9.97 Å². The molecular formula is C60H46N2. The van der Waals surface area contributed by atoms with E-state index in [1.807, 2.05) is 6.07 Å². The third-order valence-corrected chi connectivity index (χ3v) is 15.2. The van der Waals surface area contributed by atoms with Crippen molar-refractivity contribution in [1.29, 1.82) is 0 Å². The highest BCUT2D eigenvalue weighted by atomic mass is 14.9. The van der Waals surface area contributed by atoms with Crippen molar-refractivity contribution in [1.82, 2.24) is 9.97 Å². The van der Waals surface area contributed by atoms with Crippen LogP contribution in [0.2, 0.25) is 0 Å². The molecule has 9 aromatic rings. The Hall–Kier alpha value is -6.90. The molecule has 5 aliphatic rings. The van der Waals surface area contributed by atoms with Crippen molar-refractivity contribution in [3.05, 3.63) is 205 Å². The van der Waals surface area contributed by atoms with E-state index in [0.29, 0.717) is 0 Å². The molecule has 4 bridgehead atoms. The fourth-order valence-corrected chi connectivity index (χ4v) is 12.9. The lowest BCUT2D eigenvalue weighted by atomic mass is 9.43. The first-order valence-electron chi connectivity index (χ1n) is 22.6. The molecule has 4 fully saturated rings. The summed E-state index contributed by atoms with van der Waals surface area (Å²) < 4.78 is 0. The van der Waals surface area contributed by atoms with Gasteiger partial charge >= 0.3 is 0 Å². The minimum Gasteiger partial charge on any atom is -0.228 e. The molecule has 1 spiro atoms. The van der Waals surface area contributed by atoms with Crippen LogP contribution >= 0.6 is 0 Å². The SMILES string of the molecule is c1ccc(-c2nc(-c3cccc(-c4cccc(-c5cccc6c5-c5cc7ccccc7cc5C65C6CC7CC(C6)CC5C7)c4)c3)cc(-c3ccccc3-c3ccccc3)n2)cc1. The molecule has 14 rings (SSSR count). The van der Waals surface area contributed by atoms with Crippen LogP contribution in [0.1, 0.15) is 43.2 Å². The molecule has 0 radical (unpaired) electrons. The highest BCUT2D eigenvalue weighted by Crippen LogP contribution is 2.70. The molecule has 5 aliphatic carbocycles. The summed E-state index contributed by atoms with van der Waals surface area (Å²) in [6.45, 7) is 0. The van der Waals surface area contributed by atoms with E-state index < -0.39 is 0 Å². The summed E-state index contributed by atoms with van der Waals surface area (Å²) in [6, 6.07) is 71.4. The van der Waals surface area contributed by atoms with Gasteiger partial charge in [-0.15, -0.1) is 0 Å². The van der Waals surface area contributed by atoms with E-state index in [1.165, 1.54) is 81.8 Å². The molecule has 0 aliphatic heterocycles. The lowest BCUT2D eigenvalue weighted by Gasteiger charge is -2.61. The smallest absolute Gasteiger partial charge is 0.160 e. The molecule has 0 saturated heterocycles. The Bertz CT molecular complexity index is 3170. The maximum absolute atomic E-state index is 5.25. The van der Waals surface area contributed by atoms with E-state index in [4.69, 9.17) is 9.97 Å². The van der Waals surface area contributed by atoms with Crippen LogP contribution in [0.5, 0.6) is 0 Å². The van der Waals surface area contributed by atoms with Gasteiger partial charge < -0.3 is 0 Å². The zero-order valence-corrected chi connectivity index (χ0v) is 34.7. The fraction of sp³-hybridized carbons (Fsp3) is 0.167. The van der Waals surface area contributed by atoms with E-state index >= 15 is 0 Å². The summed E-state index contributed by atoms with van der Waals surface area (Å²) >= 11 is 0. The van der Waals surface area contributed by atoms with Crippen LogP contribution < -0.4 is 0 Å². The third-order valence-electron chi connectivity index (χ3n) is 15.2. The van der Waals surface area contributed by atoms with Crippen LogP contribution in [0.25, 0.3) is 89.2 Å². The topological polar surface area (TPSA) is 25.8 Å². The van der Waals surface area contributed by atoms with Crippen LogP contribution in [-0.2, 0) is 5.41 Å². The molecule has 0 unspecified atom stereocenters. The van der Waals surface area contributed by atoms with Gasteiger partial charge in [-0.3, -0.25) is 0 Å². The predicted molar refractivity (Wildman–Crippen MR) is 255 cm³/mol. The number of aromatic nitrogens is 2. The molecule has 8 aromatic carbocycles. The molecule has 0 amide bonds. The zero-order valence-electron chi connectivity index (χ0n) is 34.7. The summed E-state index contributed by atoms with van der Waals surface area (Å²) in [5.41, 5.74) is 18.6. The maximum Gasteiger partial charge on any atom is 0.160 e. The molecule has 0 N–H and O–H groups in total. The number of rotatable bonds is 6. The normalized spacial score (nSPS) is 21.6. The standard InChI is InChI=1S/C60H46N2/c1-3-14-40(15-4-1)50-24-9-10-25-52(50)57-37-56(61-59(62-57)41-16-5-2-6-17-41)47-23-12-21-43(34-47)42-20-11-22-46(33-42)51-26-13-27-54-58(51)53-35-44-18-7-8-19-45(44)36-55(53)60(54)48-29-38-28-39(31-48)32-49(60)30-38/h1-27,33-39,48-49H,28-32H2. The second kappa shape index (κ2) is 14.1. The number of hydrogen-bond acceptors (Lipinski definition) is 2. The predicted octanol–water partition coefficient (Wildman–Crippen LogP) is 15.4. The Morgan fingerprint density at radius 2 is 0.871 bits per heavy atom. The lowest BCUT2D eigenvalue weighted by molar-refractivity contribution is -0.0398.